The number of amides is 1. The number of halogens is 3. The third-order valence-corrected chi connectivity index (χ3v) is 3.64. The Kier molecular flexibility index (Phi) is 4.94. The van der Waals surface area contributed by atoms with Crippen LogP contribution in [0.2, 0.25) is 5.02 Å². The van der Waals surface area contributed by atoms with Gasteiger partial charge in [-0.25, -0.2) is 4.39 Å². The molecule has 2 rings (SSSR count). The van der Waals surface area contributed by atoms with Crippen LogP contribution in [0.1, 0.15) is 11.1 Å². The van der Waals surface area contributed by atoms with Gasteiger partial charge in [-0.15, -0.1) is 0 Å². The number of nitriles is 1. The van der Waals surface area contributed by atoms with Gasteiger partial charge in [-0.3, -0.25) is 4.79 Å². The lowest BCUT2D eigenvalue weighted by atomic mass is 10.1. The van der Waals surface area contributed by atoms with Crippen LogP contribution in [0, 0.1) is 17.1 Å². The van der Waals surface area contributed by atoms with Gasteiger partial charge < -0.3 is 5.32 Å². The second-order valence-electron chi connectivity index (χ2n) is 4.28. The Labute approximate surface area is 134 Å². The molecule has 0 saturated heterocycles. The first-order valence-corrected chi connectivity index (χ1v) is 7.10. The summed E-state index contributed by atoms with van der Waals surface area (Å²) < 4.78 is 13.5. The molecule has 0 aliphatic heterocycles. The Morgan fingerprint density at radius 3 is 2.57 bits per heavy atom. The molecule has 0 heterocycles. The van der Waals surface area contributed by atoms with Crippen LogP contribution in [-0.4, -0.2) is 5.91 Å². The predicted octanol–water partition coefficient (Wildman–Crippen LogP) is 4.29. The summed E-state index contributed by atoms with van der Waals surface area (Å²) in [5.74, 6) is -0.772. The van der Waals surface area contributed by atoms with Crippen molar-refractivity contribution < 1.29 is 9.18 Å². The highest BCUT2D eigenvalue weighted by atomic mass is 79.9. The zero-order valence-corrected chi connectivity index (χ0v) is 13.0. The third kappa shape index (κ3) is 4.03. The molecule has 0 aliphatic rings. The van der Waals surface area contributed by atoms with Gasteiger partial charge in [-0.05, 0) is 45.8 Å². The maximum atomic E-state index is 13.1. The number of nitrogens with one attached hydrogen (secondary N) is 1. The van der Waals surface area contributed by atoms with Gasteiger partial charge in [-0.2, -0.15) is 5.26 Å². The van der Waals surface area contributed by atoms with Crippen LogP contribution in [0.3, 0.4) is 0 Å². The number of nitrogens with zero attached hydrogens (tertiary/aromatic N) is 1. The summed E-state index contributed by atoms with van der Waals surface area (Å²) in [7, 11) is 0. The van der Waals surface area contributed by atoms with Crippen molar-refractivity contribution in [1.82, 2.24) is 0 Å². The van der Waals surface area contributed by atoms with Crippen LogP contribution >= 0.6 is 27.5 Å². The molecule has 1 amide bonds. The van der Waals surface area contributed by atoms with Gasteiger partial charge in [0.25, 0.3) is 0 Å². The van der Waals surface area contributed by atoms with Crippen LogP contribution in [0.5, 0.6) is 0 Å². The minimum atomic E-state index is -0.489. The molecule has 0 unspecified atom stereocenters. The summed E-state index contributed by atoms with van der Waals surface area (Å²) in [5.41, 5.74) is 1.63. The van der Waals surface area contributed by atoms with Crippen molar-refractivity contribution in [3.8, 4) is 6.07 Å². The molecular formula is C15H9BrClFN2O. The molecule has 2 aromatic carbocycles. The first kappa shape index (κ1) is 15.5. The number of anilines is 1. The van der Waals surface area contributed by atoms with E-state index < -0.39 is 5.82 Å². The topological polar surface area (TPSA) is 52.9 Å². The maximum absolute atomic E-state index is 13.1. The van der Waals surface area contributed by atoms with Crippen LogP contribution in [-0.2, 0) is 11.2 Å². The Morgan fingerprint density at radius 2 is 2.00 bits per heavy atom. The molecule has 0 bridgehead atoms. The molecule has 106 valence electrons. The van der Waals surface area contributed by atoms with Gasteiger partial charge in [0.05, 0.1) is 28.8 Å². The molecule has 1 N–H and O–H groups in total. The molecule has 0 fully saturated rings. The SMILES string of the molecule is N#Cc1ccc(CC(=O)Nc2c(Cl)cc(F)cc2Br)cc1. The van der Waals surface area contributed by atoms with E-state index in [-0.39, 0.29) is 17.4 Å². The maximum Gasteiger partial charge on any atom is 0.228 e. The van der Waals surface area contributed by atoms with Crippen molar-refractivity contribution in [2.24, 2.45) is 0 Å². The number of carbonyl (C=O) groups excluding carboxylic acids is 1. The van der Waals surface area contributed by atoms with E-state index in [9.17, 15) is 9.18 Å². The van der Waals surface area contributed by atoms with Crippen LogP contribution < -0.4 is 5.32 Å². The molecule has 0 atom stereocenters. The molecule has 2 aromatic rings. The van der Waals surface area contributed by atoms with E-state index in [0.717, 1.165) is 11.6 Å². The Hall–Kier alpha value is -1.90. The lowest BCUT2D eigenvalue weighted by Crippen LogP contribution is -2.15. The van der Waals surface area contributed by atoms with Crippen LogP contribution in [0.25, 0.3) is 0 Å². The first-order chi connectivity index (χ1) is 9.99. The molecule has 0 saturated carbocycles. The van der Waals surface area contributed by atoms with Gasteiger partial charge in [0.1, 0.15) is 5.82 Å². The van der Waals surface area contributed by atoms with Crippen molar-refractivity contribution in [3.63, 3.8) is 0 Å². The lowest BCUT2D eigenvalue weighted by Gasteiger charge is -2.10. The van der Waals surface area contributed by atoms with Crippen LogP contribution in [0.4, 0.5) is 10.1 Å². The fraction of sp³-hybridized carbons (Fsp3) is 0.0667. The van der Waals surface area contributed by atoms with Crippen LogP contribution in [0.15, 0.2) is 40.9 Å². The molecule has 0 aromatic heterocycles. The minimum Gasteiger partial charge on any atom is -0.324 e. The van der Waals surface area contributed by atoms with Crippen molar-refractivity contribution >= 4 is 39.1 Å². The van der Waals surface area contributed by atoms with Crippen molar-refractivity contribution in [3.05, 3.63) is 62.8 Å². The number of rotatable bonds is 3. The molecule has 0 radical (unpaired) electrons. The van der Waals surface area contributed by atoms with E-state index in [1.165, 1.54) is 6.07 Å². The Bertz CT molecular complexity index is 702. The van der Waals surface area contributed by atoms with E-state index in [1.807, 2.05) is 6.07 Å². The molecule has 3 nitrogen and oxygen atoms in total. The fourth-order valence-electron chi connectivity index (χ4n) is 1.73. The summed E-state index contributed by atoms with van der Waals surface area (Å²) in [6, 6.07) is 11.1. The van der Waals surface area contributed by atoms with Gasteiger partial charge in [0, 0.05) is 4.47 Å². The first-order valence-electron chi connectivity index (χ1n) is 5.93. The number of hydrogen-bond acceptors (Lipinski definition) is 2. The summed E-state index contributed by atoms with van der Waals surface area (Å²) >= 11 is 9.06. The second kappa shape index (κ2) is 6.70. The highest BCUT2D eigenvalue weighted by Gasteiger charge is 2.12. The summed E-state index contributed by atoms with van der Waals surface area (Å²) in [5, 5.41) is 11.5. The normalized spacial score (nSPS) is 10.0. The van der Waals surface area contributed by atoms with E-state index in [0.29, 0.717) is 15.7 Å². The smallest absolute Gasteiger partial charge is 0.228 e. The Morgan fingerprint density at radius 1 is 1.33 bits per heavy atom. The average Bonchev–Trinajstić information content (AvgIpc) is 2.43. The fourth-order valence-corrected chi connectivity index (χ4v) is 2.63. The number of carbonyl (C=O) groups is 1. The lowest BCUT2D eigenvalue weighted by molar-refractivity contribution is -0.115. The highest BCUT2D eigenvalue weighted by molar-refractivity contribution is 9.10. The second-order valence-corrected chi connectivity index (χ2v) is 5.54. The number of benzene rings is 2. The van der Waals surface area contributed by atoms with Crippen molar-refractivity contribution in [2.75, 3.05) is 5.32 Å². The predicted molar refractivity (Wildman–Crippen MR) is 82.6 cm³/mol. The van der Waals surface area contributed by atoms with E-state index in [2.05, 4.69) is 21.2 Å². The molecule has 21 heavy (non-hydrogen) atoms. The zero-order valence-electron chi connectivity index (χ0n) is 10.7. The number of hydrogen-bond donors (Lipinski definition) is 1. The molecule has 6 heteroatoms. The van der Waals surface area contributed by atoms with Gasteiger partial charge in [0.2, 0.25) is 5.91 Å². The highest BCUT2D eigenvalue weighted by Crippen LogP contribution is 2.31. The Balaban J connectivity index is 2.10. The average molecular weight is 368 g/mol. The molecule has 0 spiro atoms. The van der Waals surface area contributed by atoms with Gasteiger partial charge in [0.15, 0.2) is 0 Å². The van der Waals surface area contributed by atoms with Crippen molar-refractivity contribution in [1.29, 1.82) is 5.26 Å². The van der Waals surface area contributed by atoms with Crippen molar-refractivity contribution in [2.45, 2.75) is 6.42 Å². The van der Waals surface area contributed by atoms with E-state index in [1.54, 1.807) is 24.3 Å². The largest absolute Gasteiger partial charge is 0.324 e. The quantitative estimate of drug-likeness (QED) is 0.879. The van der Waals surface area contributed by atoms with Gasteiger partial charge >= 0.3 is 0 Å². The van der Waals surface area contributed by atoms with Gasteiger partial charge in [-0.1, -0.05) is 23.7 Å². The van der Waals surface area contributed by atoms with E-state index in [4.69, 9.17) is 16.9 Å². The summed E-state index contributed by atoms with van der Waals surface area (Å²) in [6.45, 7) is 0. The van der Waals surface area contributed by atoms with E-state index >= 15 is 0 Å². The zero-order chi connectivity index (χ0) is 15.4. The minimum absolute atomic E-state index is 0.120. The monoisotopic (exact) mass is 366 g/mol. The summed E-state index contributed by atoms with van der Waals surface area (Å²) in [4.78, 5) is 12.0. The standard InChI is InChI=1S/C15H9BrClFN2O/c16-12-6-11(18)7-13(17)15(12)20-14(21)5-9-1-3-10(8-19)4-2-9/h1-4,6-7H,5H2,(H,20,21). The summed E-state index contributed by atoms with van der Waals surface area (Å²) in [6.07, 6.45) is 0.131. The molecule has 0 aliphatic carbocycles. The molecular weight excluding hydrogens is 359 g/mol. The third-order valence-electron chi connectivity index (χ3n) is 2.72.